The molecular formula is C16H14N4. The topological polar surface area (TPSA) is 64.7 Å². The van der Waals surface area contributed by atoms with E-state index in [0.29, 0.717) is 5.82 Å². The summed E-state index contributed by atoms with van der Waals surface area (Å²) in [6.45, 7) is 2.04. The van der Waals surface area contributed by atoms with E-state index in [1.807, 2.05) is 37.4 Å². The number of rotatable bonds is 2. The summed E-state index contributed by atoms with van der Waals surface area (Å²) in [7, 11) is 0. The number of hydrogen-bond acceptors (Lipinski definition) is 4. The molecule has 0 atom stereocenters. The maximum atomic E-state index is 6.05. The molecule has 20 heavy (non-hydrogen) atoms. The molecule has 0 aliphatic carbocycles. The SMILES string of the molecule is Cc1c(-c2cccnc2)cnc(N)c1-c1cccnc1. The van der Waals surface area contributed by atoms with Gasteiger partial charge in [-0.15, -0.1) is 0 Å². The Morgan fingerprint density at radius 1 is 0.900 bits per heavy atom. The van der Waals surface area contributed by atoms with Gasteiger partial charge < -0.3 is 5.73 Å². The minimum absolute atomic E-state index is 0.517. The molecule has 0 spiro atoms. The van der Waals surface area contributed by atoms with Gasteiger partial charge in [0, 0.05) is 53.2 Å². The summed E-state index contributed by atoms with van der Waals surface area (Å²) in [6, 6.07) is 7.81. The first-order chi connectivity index (χ1) is 9.77. The van der Waals surface area contributed by atoms with Crippen LogP contribution < -0.4 is 5.73 Å². The third-order valence-electron chi connectivity index (χ3n) is 3.29. The lowest BCUT2D eigenvalue weighted by Crippen LogP contribution is -1.99. The molecule has 3 aromatic rings. The van der Waals surface area contributed by atoms with Gasteiger partial charge in [0.25, 0.3) is 0 Å². The summed E-state index contributed by atoms with van der Waals surface area (Å²) in [5, 5.41) is 0. The van der Waals surface area contributed by atoms with Crippen molar-refractivity contribution in [2.45, 2.75) is 6.92 Å². The molecule has 0 radical (unpaired) electrons. The first-order valence-electron chi connectivity index (χ1n) is 6.33. The fraction of sp³-hybridized carbons (Fsp3) is 0.0625. The number of pyridine rings is 3. The Bertz CT molecular complexity index is 724. The van der Waals surface area contributed by atoms with Gasteiger partial charge in [-0.3, -0.25) is 9.97 Å². The molecule has 3 rings (SSSR count). The van der Waals surface area contributed by atoms with Gasteiger partial charge in [0.1, 0.15) is 5.82 Å². The predicted octanol–water partition coefficient (Wildman–Crippen LogP) is 3.10. The first kappa shape index (κ1) is 12.3. The van der Waals surface area contributed by atoms with Crippen molar-refractivity contribution in [1.29, 1.82) is 0 Å². The lowest BCUT2D eigenvalue weighted by atomic mass is 9.96. The van der Waals surface area contributed by atoms with E-state index in [1.165, 1.54) is 0 Å². The molecule has 4 heteroatoms. The van der Waals surface area contributed by atoms with Crippen LogP contribution in [-0.4, -0.2) is 15.0 Å². The van der Waals surface area contributed by atoms with Crippen molar-refractivity contribution in [3.05, 3.63) is 60.8 Å². The zero-order valence-corrected chi connectivity index (χ0v) is 11.1. The molecule has 0 fully saturated rings. The second kappa shape index (κ2) is 5.09. The van der Waals surface area contributed by atoms with Gasteiger partial charge in [0.05, 0.1) is 0 Å². The molecule has 3 heterocycles. The second-order valence-electron chi connectivity index (χ2n) is 4.54. The minimum atomic E-state index is 0.517. The maximum Gasteiger partial charge on any atom is 0.131 e. The Labute approximate surface area is 117 Å². The molecule has 2 N–H and O–H groups in total. The quantitative estimate of drug-likeness (QED) is 0.770. The lowest BCUT2D eigenvalue weighted by Gasteiger charge is -2.13. The van der Waals surface area contributed by atoms with Gasteiger partial charge >= 0.3 is 0 Å². The highest BCUT2D eigenvalue weighted by molar-refractivity contribution is 5.83. The van der Waals surface area contributed by atoms with Crippen LogP contribution in [0.25, 0.3) is 22.3 Å². The van der Waals surface area contributed by atoms with Crippen LogP contribution in [0, 0.1) is 6.92 Å². The molecule has 0 bridgehead atoms. The van der Waals surface area contributed by atoms with Gasteiger partial charge in [-0.2, -0.15) is 0 Å². The minimum Gasteiger partial charge on any atom is -0.383 e. The van der Waals surface area contributed by atoms with E-state index in [4.69, 9.17) is 5.73 Å². The molecule has 0 saturated carbocycles. The molecule has 0 aromatic carbocycles. The van der Waals surface area contributed by atoms with E-state index in [2.05, 4.69) is 15.0 Å². The summed E-state index contributed by atoms with van der Waals surface area (Å²) in [4.78, 5) is 12.6. The normalized spacial score (nSPS) is 10.4. The fourth-order valence-corrected chi connectivity index (χ4v) is 2.31. The Kier molecular flexibility index (Phi) is 3.13. The molecule has 98 valence electrons. The van der Waals surface area contributed by atoms with Crippen molar-refractivity contribution in [3.8, 4) is 22.3 Å². The van der Waals surface area contributed by atoms with E-state index < -0.39 is 0 Å². The van der Waals surface area contributed by atoms with E-state index in [1.54, 1.807) is 24.8 Å². The summed E-state index contributed by atoms with van der Waals surface area (Å²) < 4.78 is 0. The number of anilines is 1. The lowest BCUT2D eigenvalue weighted by molar-refractivity contribution is 1.26. The largest absolute Gasteiger partial charge is 0.383 e. The number of nitrogen functional groups attached to an aromatic ring is 1. The zero-order valence-electron chi connectivity index (χ0n) is 11.1. The first-order valence-corrected chi connectivity index (χ1v) is 6.33. The third kappa shape index (κ3) is 2.12. The molecule has 4 nitrogen and oxygen atoms in total. The smallest absolute Gasteiger partial charge is 0.131 e. The van der Waals surface area contributed by atoms with Gasteiger partial charge in [0.2, 0.25) is 0 Å². The summed E-state index contributed by atoms with van der Waals surface area (Å²) in [6.07, 6.45) is 8.92. The highest BCUT2D eigenvalue weighted by Gasteiger charge is 2.12. The second-order valence-corrected chi connectivity index (χ2v) is 4.54. The molecule has 0 aliphatic heterocycles. The molecule has 3 aromatic heterocycles. The Morgan fingerprint density at radius 2 is 1.55 bits per heavy atom. The summed E-state index contributed by atoms with van der Waals surface area (Å²) in [5.41, 5.74) is 11.1. The monoisotopic (exact) mass is 262 g/mol. The van der Waals surface area contributed by atoms with Gasteiger partial charge in [-0.05, 0) is 24.6 Å². The summed E-state index contributed by atoms with van der Waals surface area (Å²) in [5.74, 6) is 0.517. The number of aromatic nitrogens is 3. The van der Waals surface area contributed by atoms with Crippen LogP contribution in [-0.2, 0) is 0 Å². The van der Waals surface area contributed by atoms with Crippen LogP contribution in [0.3, 0.4) is 0 Å². The Hall–Kier alpha value is -2.75. The molecule has 0 saturated heterocycles. The van der Waals surface area contributed by atoms with E-state index >= 15 is 0 Å². The molecule has 0 aliphatic rings. The molecule has 0 amide bonds. The van der Waals surface area contributed by atoms with Crippen molar-refractivity contribution in [2.75, 3.05) is 5.73 Å². The summed E-state index contributed by atoms with van der Waals surface area (Å²) >= 11 is 0. The average Bonchev–Trinajstić information content (AvgIpc) is 2.49. The van der Waals surface area contributed by atoms with Crippen LogP contribution in [0.2, 0.25) is 0 Å². The van der Waals surface area contributed by atoms with Crippen LogP contribution in [0.4, 0.5) is 5.82 Å². The van der Waals surface area contributed by atoms with Gasteiger partial charge in [0.15, 0.2) is 0 Å². The average molecular weight is 262 g/mol. The van der Waals surface area contributed by atoms with Crippen LogP contribution >= 0.6 is 0 Å². The van der Waals surface area contributed by atoms with Crippen LogP contribution in [0.5, 0.6) is 0 Å². The zero-order chi connectivity index (χ0) is 13.9. The van der Waals surface area contributed by atoms with Crippen molar-refractivity contribution < 1.29 is 0 Å². The van der Waals surface area contributed by atoms with Crippen LogP contribution in [0.15, 0.2) is 55.2 Å². The van der Waals surface area contributed by atoms with E-state index in [0.717, 1.165) is 27.8 Å². The number of hydrogen-bond donors (Lipinski definition) is 1. The van der Waals surface area contributed by atoms with Gasteiger partial charge in [-0.25, -0.2) is 4.98 Å². The standard InChI is InChI=1S/C16H14N4/c1-11-14(12-4-2-6-18-8-12)10-20-16(17)15(11)13-5-3-7-19-9-13/h2-10H,1H3,(H2,17,20). The van der Waals surface area contributed by atoms with Gasteiger partial charge in [-0.1, -0.05) is 12.1 Å². The molecular weight excluding hydrogens is 248 g/mol. The Morgan fingerprint density at radius 3 is 2.15 bits per heavy atom. The van der Waals surface area contributed by atoms with E-state index in [-0.39, 0.29) is 0 Å². The van der Waals surface area contributed by atoms with Crippen molar-refractivity contribution in [1.82, 2.24) is 15.0 Å². The maximum absolute atomic E-state index is 6.05. The highest BCUT2D eigenvalue weighted by Crippen LogP contribution is 2.33. The fourth-order valence-electron chi connectivity index (χ4n) is 2.31. The third-order valence-corrected chi connectivity index (χ3v) is 3.29. The number of nitrogens with two attached hydrogens (primary N) is 1. The van der Waals surface area contributed by atoms with Crippen LogP contribution in [0.1, 0.15) is 5.56 Å². The van der Waals surface area contributed by atoms with E-state index in [9.17, 15) is 0 Å². The van der Waals surface area contributed by atoms with Crippen molar-refractivity contribution in [2.24, 2.45) is 0 Å². The predicted molar refractivity (Wildman–Crippen MR) is 79.8 cm³/mol. The Balaban J connectivity index is 2.22. The molecule has 0 unspecified atom stereocenters. The highest BCUT2D eigenvalue weighted by atomic mass is 14.8. The van der Waals surface area contributed by atoms with Crippen molar-refractivity contribution >= 4 is 5.82 Å². The van der Waals surface area contributed by atoms with Crippen molar-refractivity contribution in [3.63, 3.8) is 0 Å². The number of nitrogens with zero attached hydrogens (tertiary/aromatic N) is 3.